The number of ether oxygens (including phenoxy) is 1. The molecule has 4 heterocycles. The van der Waals surface area contributed by atoms with Gasteiger partial charge in [0.15, 0.2) is 0 Å². The van der Waals surface area contributed by atoms with Gasteiger partial charge in [-0.25, -0.2) is 4.79 Å². The molecule has 1 amide bonds. The zero-order valence-electron chi connectivity index (χ0n) is 13.5. The van der Waals surface area contributed by atoms with E-state index in [1.165, 1.54) is 12.8 Å². The van der Waals surface area contributed by atoms with Crippen LogP contribution >= 0.6 is 0 Å². The lowest BCUT2D eigenvalue weighted by Gasteiger charge is -2.36. The number of rotatable bonds is 3. The van der Waals surface area contributed by atoms with Gasteiger partial charge in [-0.1, -0.05) is 0 Å². The highest BCUT2D eigenvalue weighted by atomic mass is 16.6. The molecule has 2 aliphatic heterocycles. The Bertz CT molecular complexity index is 778. The number of carbonyl (C=O) groups is 1. The van der Waals surface area contributed by atoms with Crippen LogP contribution in [0.25, 0.3) is 5.65 Å². The van der Waals surface area contributed by atoms with E-state index in [2.05, 4.69) is 26.3 Å². The number of hydrogen-bond acceptors (Lipinski definition) is 6. The molecular weight excluding hydrogens is 308 g/mol. The van der Waals surface area contributed by atoms with E-state index in [0.29, 0.717) is 12.5 Å². The van der Waals surface area contributed by atoms with Crippen LogP contribution in [0, 0.1) is 0 Å². The van der Waals surface area contributed by atoms with Gasteiger partial charge in [0.2, 0.25) is 5.65 Å². The maximum absolute atomic E-state index is 11.8. The number of carbonyl (C=O) groups excluding carboxylic acids is 1. The predicted molar refractivity (Wildman–Crippen MR) is 86.0 cm³/mol. The van der Waals surface area contributed by atoms with Crippen molar-refractivity contribution in [2.24, 2.45) is 0 Å². The second-order valence-electron chi connectivity index (χ2n) is 6.85. The lowest BCUT2D eigenvalue weighted by atomic mass is 10.0. The number of piperidine rings is 1. The molecule has 0 aromatic carbocycles. The summed E-state index contributed by atoms with van der Waals surface area (Å²) in [7, 11) is 0. The molecule has 0 radical (unpaired) electrons. The number of fused-ring (bicyclic) bond motifs is 1. The van der Waals surface area contributed by atoms with Gasteiger partial charge in [0.25, 0.3) is 0 Å². The number of amides is 1. The first-order chi connectivity index (χ1) is 11.8. The highest BCUT2D eigenvalue weighted by molar-refractivity contribution is 5.70. The van der Waals surface area contributed by atoms with Crippen LogP contribution in [0.2, 0.25) is 0 Å². The van der Waals surface area contributed by atoms with Crippen LogP contribution < -0.4 is 4.90 Å². The van der Waals surface area contributed by atoms with E-state index in [-0.39, 0.29) is 12.1 Å². The van der Waals surface area contributed by atoms with Gasteiger partial charge in [-0.3, -0.25) is 0 Å². The van der Waals surface area contributed by atoms with E-state index in [4.69, 9.17) is 4.74 Å². The van der Waals surface area contributed by atoms with Crippen LogP contribution in [-0.4, -0.2) is 63.1 Å². The van der Waals surface area contributed by atoms with Crippen molar-refractivity contribution in [3.63, 3.8) is 0 Å². The number of anilines is 1. The first kappa shape index (κ1) is 14.0. The Labute approximate surface area is 139 Å². The first-order valence-corrected chi connectivity index (χ1v) is 8.69. The summed E-state index contributed by atoms with van der Waals surface area (Å²) in [5.41, 5.74) is 3.08. The summed E-state index contributed by atoms with van der Waals surface area (Å²) in [6, 6.07) is 2.47. The van der Waals surface area contributed by atoms with Gasteiger partial charge in [0.05, 0.1) is 17.9 Å². The van der Waals surface area contributed by atoms with Gasteiger partial charge in [0.1, 0.15) is 12.9 Å². The molecule has 3 aliphatic rings. The van der Waals surface area contributed by atoms with Gasteiger partial charge in [0, 0.05) is 25.0 Å². The minimum atomic E-state index is -0.159. The van der Waals surface area contributed by atoms with Crippen LogP contribution in [-0.2, 0) is 4.74 Å². The van der Waals surface area contributed by atoms with Crippen molar-refractivity contribution in [1.82, 2.24) is 24.7 Å². The smallest absolute Gasteiger partial charge is 0.410 e. The van der Waals surface area contributed by atoms with Gasteiger partial charge in [-0.2, -0.15) is 9.61 Å². The minimum Gasteiger partial charge on any atom is -0.448 e. The van der Waals surface area contributed by atoms with Crippen molar-refractivity contribution >= 4 is 17.4 Å². The Hall–Kier alpha value is -2.38. The number of cyclic esters (lactones) is 1. The molecule has 2 saturated heterocycles. The molecule has 0 atom stereocenters. The van der Waals surface area contributed by atoms with Crippen molar-refractivity contribution in [3.8, 4) is 0 Å². The monoisotopic (exact) mass is 328 g/mol. The van der Waals surface area contributed by atoms with Crippen LogP contribution in [0.3, 0.4) is 0 Å². The number of aromatic nitrogens is 4. The van der Waals surface area contributed by atoms with Crippen molar-refractivity contribution in [2.45, 2.75) is 37.6 Å². The Kier molecular flexibility index (Phi) is 3.11. The minimum absolute atomic E-state index is 0.159. The maximum atomic E-state index is 11.8. The molecule has 2 aromatic rings. The fourth-order valence-corrected chi connectivity index (χ4v) is 3.80. The van der Waals surface area contributed by atoms with Crippen molar-refractivity contribution in [1.29, 1.82) is 0 Å². The molecule has 1 aliphatic carbocycles. The maximum Gasteiger partial charge on any atom is 0.410 e. The number of hydrogen-bond donors (Lipinski definition) is 0. The zero-order valence-corrected chi connectivity index (χ0v) is 13.5. The highest BCUT2D eigenvalue weighted by Crippen LogP contribution is 2.40. The lowest BCUT2D eigenvalue weighted by Crippen LogP contribution is -2.45. The Balaban J connectivity index is 1.38. The molecule has 0 bridgehead atoms. The molecule has 0 N–H and O–H groups in total. The summed E-state index contributed by atoms with van der Waals surface area (Å²) >= 11 is 0. The molecule has 0 spiro atoms. The van der Waals surface area contributed by atoms with E-state index < -0.39 is 0 Å². The van der Waals surface area contributed by atoms with Crippen molar-refractivity contribution in [2.75, 3.05) is 31.1 Å². The van der Waals surface area contributed by atoms with E-state index in [0.717, 1.165) is 49.5 Å². The third kappa shape index (κ3) is 2.28. The van der Waals surface area contributed by atoms with Crippen LogP contribution in [0.4, 0.5) is 10.5 Å². The quantitative estimate of drug-likeness (QED) is 0.848. The molecule has 0 unspecified atom stereocenters. The van der Waals surface area contributed by atoms with Crippen molar-refractivity contribution in [3.05, 3.63) is 18.1 Å². The van der Waals surface area contributed by atoms with Gasteiger partial charge in [-0.15, -0.1) is 10.2 Å². The van der Waals surface area contributed by atoms with E-state index in [9.17, 15) is 4.79 Å². The molecule has 126 valence electrons. The summed E-state index contributed by atoms with van der Waals surface area (Å²) in [4.78, 5) is 16.0. The Morgan fingerprint density at radius 2 is 1.96 bits per heavy atom. The first-order valence-electron chi connectivity index (χ1n) is 8.69. The van der Waals surface area contributed by atoms with E-state index >= 15 is 0 Å². The van der Waals surface area contributed by atoms with Crippen LogP contribution in [0.5, 0.6) is 0 Å². The lowest BCUT2D eigenvalue weighted by molar-refractivity contribution is 0.142. The second-order valence-corrected chi connectivity index (χ2v) is 6.85. The molecule has 3 fully saturated rings. The van der Waals surface area contributed by atoms with Crippen LogP contribution in [0.15, 0.2) is 12.4 Å². The molecule has 5 rings (SSSR count). The average molecular weight is 328 g/mol. The number of nitrogens with zero attached hydrogens (tertiary/aromatic N) is 6. The Morgan fingerprint density at radius 3 is 2.67 bits per heavy atom. The topological polar surface area (TPSA) is 75.9 Å². The van der Waals surface area contributed by atoms with Crippen LogP contribution in [0.1, 0.15) is 37.3 Å². The van der Waals surface area contributed by atoms with Crippen molar-refractivity contribution < 1.29 is 9.53 Å². The largest absolute Gasteiger partial charge is 0.448 e. The van der Waals surface area contributed by atoms with Gasteiger partial charge >= 0.3 is 6.09 Å². The fraction of sp³-hybridized carbons (Fsp3) is 0.625. The van der Waals surface area contributed by atoms with Gasteiger partial charge < -0.3 is 14.5 Å². The zero-order chi connectivity index (χ0) is 16.1. The highest BCUT2D eigenvalue weighted by Gasteiger charge is 2.33. The molecular formula is C16H20N6O2. The summed E-state index contributed by atoms with van der Waals surface area (Å²) in [6.07, 6.45) is 5.87. The average Bonchev–Trinajstić information content (AvgIpc) is 3.20. The second kappa shape index (κ2) is 5.32. The normalized spacial score (nSPS) is 22.4. The third-order valence-electron chi connectivity index (χ3n) is 5.30. The van der Waals surface area contributed by atoms with E-state index in [1.54, 1.807) is 10.8 Å². The standard InChI is InChI=1S/C16H20N6O2/c23-16-21(7-8-24-16)12-3-5-20(6-4-12)14-9-13(11-1-2-11)19-22-10-17-18-15(14)22/h9-12H,1-8H2. The molecule has 24 heavy (non-hydrogen) atoms. The van der Waals surface area contributed by atoms with E-state index in [1.807, 2.05) is 4.90 Å². The third-order valence-corrected chi connectivity index (χ3v) is 5.30. The molecule has 1 saturated carbocycles. The fourth-order valence-electron chi connectivity index (χ4n) is 3.80. The predicted octanol–water partition coefficient (Wildman–Crippen LogP) is 1.42. The SMILES string of the molecule is O=C1OCCN1C1CCN(c2cc(C3CC3)nn3cnnc23)CC1. The van der Waals surface area contributed by atoms with Gasteiger partial charge in [-0.05, 0) is 31.7 Å². The summed E-state index contributed by atoms with van der Waals surface area (Å²) < 4.78 is 6.87. The molecule has 8 heteroatoms. The summed E-state index contributed by atoms with van der Waals surface area (Å²) in [5, 5.41) is 12.9. The summed E-state index contributed by atoms with van der Waals surface area (Å²) in [6.45, 7) is 3.06. The Morgan fingerprint density at radius 1 is 1.12 bits per heavy atom. The molecule has 8 nitrogen and oxygen atoms in total. The molecule has 2 aromatic heterocycles. The summed E-state index contributed by atoms with van der Waals surface area (Å²) in [5.74, 6) is 0.590.